The molecule has 1 aromatic carbocycles. The van der Waals surface area contributed by atoms with Crippen molar-refractivity contribution in [3.05, 3.63) is 52.0 Å². The first kappa shape index (κ1) is 15.0. The number of hydrogen-bond donors (Lipinski definition) is 1. The highest BCUT2D eigenvalue weighted by Gasteiger charge is 2.16. The van der Waals surface area contributed by atoms with Gasteiger partial charge in [-0.25, -0.2) is 9.55 Å². The van der Waals surface area contributed by atoms with Gasteiger partial charge in [0.1, 0.15) is 25.1 Å². The first-order valence-corrected chi connectivity index (χ1v) is 6.64. The number of hydrogen-bond acceptors (Lipinski definition) is 5. The van der Waals surface area contributed by atoms with Crippen LogP contribution in [0.5, 0.6) is 5.75 Å². The average molecular weight is 290 g/mol. The van der Waals surface area contributed by atoms with Crippen LogP contribution >= 0.6 is 0 Å². The van der Waals surface area contributed by atoms with Gasteiger partial charge in [-0.05, 0) is 29.7 Å². The molecule has 2 rings (SSSR count). The maximum Gasteiger partial charge on any atom is 0.342 e. The van der Waals surface area contributed by atoms with Crippen LogP contribution in [0.25, 0.3) is 0 Å². The highest BCUT2D eigenvalue weighted by molar-refractivity contribution is 5.27. The third-order valence-electron chi connectivity index (χ3n) is 3.11. The number of nitrogens with zero attached hydrogens (tertiary/aromatic N) is 3. The Bertz CT molecular complexity index is 607. The summed E-state index contributed by atoms with van der Waals surface area (Å²) in [6.45, 7) is 3.28. The number of imidazole rings is 1. The van der Waals surface area contributed by atoms with Crippen LogP contribution in [0.1, 0.15) is 11.4 Å². The molecule has 0 aliphatic carbocycles. The van der Waals surface area contributed by atoms with Gasteiger partial charge in [-0.15, -0.1) is 0 Å². The van der Waals surface area contributed by atoms with Gasteiger partial charge in [0, 0.05) is 13.5 Å². The lowest BCUT2D eigenvalue weighted by Crippen LogP contribution is -2.12. The molecule has 7 nitrogen and oxygen atoms in total. The zero-order valence-corrected chi connectivity index (χ0v) is 12.1. The third-order valence-corrected chi connectivity index (χ3v) is 3.11. The number of benzene rings is 1. The fourth-order valence-electron chi connectivity index (χ4n) is 2.04. The van der Waals surface area contributed by atoms with Gasteiger partial charge >= 0.3 is 5.82 Å². The van der Waals surface area contributed by atoms with E-state index < -0.39 is 4.92 Å². The summed E-state index contributed by atoms with van der Waals surface area (Å²) in [5, 5.41) is 13.9. The van der Waals surface area contributed by atoms with Crippen LogP contribution in [0.3, 0.4) is 0 Å². The maximum atomic E-state index is 10.9. The Labute approximate surface area is 122 Å². The summed E-state index contributed by atoms with van der Waals surface area (Å²) in [6, 6.07) is 7.75. The third kappa shape index (κ3) is 3.79. The van der Waals surface area contributed by atoms with Gasteiger partial charge in [0.2, 0.25) is 0 Å². The number of nitrogens with one attached hydrogen (secondary N) is 1. The Balaban J connectivity index is 1.92. The maximum absolute atomic E-state index is 10.9. The number of aryl methyl sites for hydroxylation is 1. The van der Waals surface area contributed by atoms with Gasteiger partial charge in [-0.3, -0.25) is 0 Å². The minimum absolute atomic E-state index is 0.0135. The van der Waals surface area contributed by atoms with Crippen LogP contribution in [-0.4, -0.2) is 28.1 Å². The van der Waals surface area contributed by atoms with E-state index in [2.05, 4.69) is 10.3 Å². The van der Waals surface area contributed by atoms with E-state index in [1.54, 1.807) is 6.92 Å². The van der Waals surface area contributed by atoms with E-state index in [0.717, 1.165) is 12.3 Å². The molecule has 0 saturated heterocycles. The quantitative estimate of drug-likeness (QED) is 0.622. The molecule has 0 aliphatic rings. The van der Waals surface area contributed by atoms with Crippen LogP contribution in [0.15, 0.2) is 30.5 Å². The van der Waals surface area contributed by atoms with Crippen molar-refractivity contribution in [2.24, 2.45) is 0 Å². The molecule has 112 valence electrons. The molecule has 0 saturated carbocycles. The number of aromatic nitrogens is 2. The highest BCUT2D eigenvalue weighted by atomic mass is 16.6. The number of nitro groups is 1. The van der Waals surface area contributed by atoms with Crippen molar-refractivity contribution in [1.82, 2.24) is 14.9 Å². The van der Waals surface area contributed by atoms with E-state index in [1.807, 2.05) is 31.3 Å². The molecule has 1 heterocycles. The molecule has 7 heteroatoms. The first-order chi connectivity index (χ1) is 10.1. The summed E-state index contributed by atoms with van der Waals surface area (Å²) in [5.74, 6) is 1.34. The van der Waals surface area contributed by atoms with E-state index in [4.69, 9.17) is 4.74 Å². The lowest BCUT2D eigenvalue weighted by Gasteiger charge is -2.07. The van der Waals surface area contributed by atoms with Gasteiger partial charge in [0.25, 0.3) is 0 Å². The van der Waals surface area contributed by atoms with Gasteiger partial charge in [0.05, 0.1) is 0 Å². The molecule has 1 aromatic heterocycles. The van der Waals surface area contributed by atoms with Gasteiger partial charge < -0.3 is 20.2 Å². The van der Waals surface area contributed by atoms with E-state index >= 15 is 0 Å². The average Bonchev–Trinajstić information content (AvgIpc) is 2.83. The molecule has 21 heavy (non-hydrogen) atoms. The monoisotopic (exact) mass is 290 g/mol. The van der Waals surface area contributed by atoms with Crippen molar-refractivity contribution in [2.45, 2.75) is 20.0 Å². The van der Waals surface area contributed by atoms with Gasteiger partial charge in [-0.2, -0.15) is 0 Å². The molecule has 0 radical (unpaired) electrons. The smallest absolute Gasteiger partial charge is 0.342 e. The standard InChI is InChI=1S/C14H18N4O3/c1-11-16-10-14(18(19)20)17(11)7-8-21-13-5-3-12(4-6-13)9-15-2/h3-6,10,15H,7-9H2,1-2H3. The number of rotatable bonds is 7. The molecule has 0 fully saturated rings. The van der Waals surface area contributed by atoms with Crippen LogP contribution in [0.4, 0.5) is 5.82 Å². The Morgan fingerprint density at radius 3 is 2.71 bits per heavy atom. The molecule has 0 spiro atoms. The predicted molar refractivity (Wildman–Crippen MR) is 78.3 cm³/mol. The molecular weight excluding hydrogens is 272 g/mol. The first-order valence-electron chi connectivity index (χ1n) is 6.64. The molecule has 1 N–H and O–H groups in total. The summed E-state index contributed by atoms with van der Waals surface area (Å²) >= 11 is 0. The topological polar surface area (TPSA) is 82.2 Å². The van der Waals surface area contributed by atoms with E-state index in [1.165, 1.54) is 16.3 Å². The van der Waals surface area contributed by atoms with E-state index in [0.29, 0.717) is 19.0 Å². The van der Waals surface area contributed by atoms with Crippen molar-refractivity contribution in [3.8, 4) is 5.75 Å². The Morgan fingerprint density at radius 2 is 2.10 bits per heavy atom. The zero-order chi connectivity index (χ0) is 15.2. The van der Waals surface area contributed by atoms with Crippen molar-refractivity contribution in [2.75, 3.05) is 13.7 Å². The van der Waals surface area contributed by atoms with Gasteiger partial charge in [-0.1, -0.05) is 12.1 Å². The lowest BCUT2D eigenvalue weighted by molar-refractivity contribution is -0.392. The molecule has 0 bridgehead atoms. The second-order valence-corrected chi connectivity index (χ2v) is 4.60. The molecule has 0 amide bonds. The Morgan fingerprint density at radius 1 is 1.38 bits per heavy atom. The summed E-state index contributed by atoms with van der Waals surface area (Å²) in [7, 11) is 1.89. The van der Waals surface area contributed by atoms with E-state index in [9.17, 15) is 10.1 Å². The van der Waals surface area contributed by atoms with Crippen LogP contribution in [0.2, 0.25) is 0 Å². The summed E-state index contributed by atoms with van der Waals surface area (Å²) < 4.78 is 7.15. The SMILES string of the molecule is CNCc1ccc(OCCn2c([N+](=O)[O-])cnc2C)cc1. The van der Waals surface area contributed by atoms with Crippen LogP contribution in [-0.2, 0) is 13.1 Å². The second-order valence-electron chi connectivity index (χ2n) is 4.60. The zero-order valence-electron chi connectivity index (χ0n) is 12.1. The van der Waals surface area contributed by atoms with Crippen molar-refractivity contribution >= 4 is 5.82 Å². The summed E-state index contributed by atoms with van der Waals surface area (Å²) in [4.78, 5) is 14.4. The predicted octanol–water partition coefficient (Wildman–Crippen LogP) is 1.90. The molecule has 0 unspecified atom stereocenters. The minimum atomic E-state index is -0.438. The molecule has 0 atom stereocenters. The van der Waals surface area contributed by atoms with Gasteiger partial charge in [0.15, 0.2) is 5.82 Å². The second kappa shape index (κ2) is 6.85. The Kier molecular flexibility index (Phi) is 4.89. The molecule has 2 aromatic rings. The fraction of sp³-hybridized carbons (Fsp3) is 0.357. The van der Waals surface area contributed by atoms with Crippen LogP contribution in [0, 0.1) is 17.0 Å². The van der Waals surface area contributed by atoms with Crippen molar-refractivity contribution < 1.29 is 9.66 Å². The van der Waals surface area contributed by atoms with Crippen molar-refractivity contribution in [3.63, 3.8) is 0 Å². The molecular formula is C14H18N4O3. The lowest BCUT2D eigenvalue weighted by atomic mass is 10.2. The molecule has 0 aliphatic heterocycles. The largest absolute Gasteiger partial charge is 0.489 e. The highest BCUT2D eigenvalue weighted by Crippen LogP contribution is 2.15. The Hall–Kier alpha value is -2.41. The summed E-state index contributed by atoms with van der Waals surface area (Å²) in [5.41, 5.74) is 1.17. The van der Waals surface area contributed by atoms with Crippen molar-refractivity contribution in [1.29, 1.82) is 0 Å². The van der Waals surface area contributed by atoms with E-state index in [-0.39, 0.29) is 5.82 Å². The van der Waals surface area contributed by atoms with Crippen LogP contribution < -0.4 is 10.1 Å². The minimum Gasteiger partial charge on any atom is -0.489 e. The summed E-state index contributed by atoms with van der Waals surface area (Å²) in [6.07, 6.45) is 1.27. The number of ether oxygens (including phenoxy) is 1. The fourth-order valence-corrected chi connectivity index (χ4v) is 2.04. The normalized spacial score (nSPS) is 10.6.